The minimum atomic E-state index is -4.10. The molecule has 9 heteroatoms. The van der Waals surface area contributed by atoms with Gasteiger partial charge in [-0.2, -0.15) is 0 Å². The number of nitro benzene ring substituents is 1. The number of hydrogen-bond acceptors (Lipinski definition) is 6. The summed E-state index contributed by atoms with van der Waals surface area (Å²) in [5.41, 5.74) is 2.69. The summed E-state index contributed by atoms with van der Waals surface area (Å²) in [6.07, 6.45) is 1.14. The molecule has 0 bridgehead atoms. The van der Waals surface area contributed by atoms with Gasteiger partial charge < -0.3 is 0 Å². The Morgan fingerprint density at radius 2 is 2.11 bits per heavy atom. The summed E-state index contributed by atoms with van der Waals surface area (Å²) in [6.45, 7) is 1.87. The molecule has 0 aromatic heterocycles. The zero-order valence-corrected chi connectivity index (χ0v) is 11.4. The minimum absolute atomic E-state index is 0.137. The van der Waals surface area contributed by atoms with Crippen molar-refractivity contribution < 1.29 is 18.2 Å². The highest BCUT2D eigenvalue weighted by Crippen LogP contribution is 2.31. The van der Waals surface area contributed by atoms with Gasteiger partial charge in [0.15, 0.2) is 0 Å². The van der Waals surface area contributed by atoms with Crippen LogP contribution < -0.4 is 10.6 Å². The lowest BCUT2D eigenvalue weighted by Gasteiger charge is -2.13. The van der Waals surface area contributed by atoms with Gasteiger partial charge in [-0.05, 0) is 12.0 Å². The van der Waals surface area contributed by atoms with Crippen LogP contribution in [0.1, 0.15) is 18.9 Å². The smallest absolute Gasteiger partial charge is 0.271 e. The first kappa shape index (κ1) is 15.3. The molecule has 1 aromatic rings. The number of benzene rings is 1. The molecule has 0 radical (unpaired) electrons. The second-order valence-electron chi connectivity index (χ2n) is 3.84. The molecule has 3 N–H and O–H groups in total. The topological polar surface area (TPSA) is 125 Å². The van der Waals surface area contributed by atoms with Gasteiger partial charge in [-0.3, -0.25) is 20.4 Å². The van der Waals surface area contributed by atoms with E-state index >= 15 is 0 Å². The molecule has 0 heterocycles. The molecular weight excluding hydrogens is 274 g/mol. The van der Waals surface area contributed by atoms with Gasteiger partial charge >= 0.3 is 0 Å². The fourth-order valence-corrected chi connectivity index (χ4v) is 2.41. The third-order valence-electron chi connectivity index (χ3n) is 2.41. The van der Waals surface area contributed by atoms with Crippen LogP contribution in [-0.4, -0.2) is 20.5 Å². The number of aryl methyl sites for hydroxylation is 1. The highest BCUT2D eigenvalue weighted by atomic mass is 32.2. The van der Waals surface area contributed by atoms with Gasteiger partial charge in [0, 0.05) is 12.1 Å². The molecule has 0 saturated carbocycles. The van der Waals surface area contributed by atoms with E-state index in [1.54, 1.807) is 0 Å². The first-order valence-electron chi connectivity index (χ1n) is 5.44. The van der Waals surface area contributed by atoms with Crippen molar-refractivity contribution in [3.8, 4) is 0 Å². The number of hydrogen-bond donors (Lipinski definition) is 2. The van der Waals surface area contributed by atoms with Crippen LogP contribution in [0.5, 0.6) is 0 Å². The van der Waals surface area contributed by atoms with Crippen LogP contribution in [0.25, 0.3) is 0 Å². The Kier molecular flexibility index (Phi) is 4.81. The van der Waals surface area contributed by atoms with Gasteiger partial charge in [-0.25, -0.2) is 13.6 Å². The average molecular weight is 289 g/mol. The summed E-state index contributed by atoms with van der Waals surface area (Å²) in [6, 6.07) is 2.22. The maximum absolute atomic E-state index is 11.5. The lowest BCUT2D eigenvalue weighted by Crippen LogP contribution is -2.16. The Bertz CT molecular complexity index is 585. The van der Waals surface area contributed by atoms with Crippen molar-refractivity contribution >= 4 is 21.4 Å². The molecule has 8 nitrogen and oxygen atoms in total. The summed E-state index contributed by atoms with van der Waals surface area (Å²) in [5.74, 6) is 0. The predicted molar refractivity (Wildman–Crippen MR) is 69.1 cm³/mol. The predicted octanol–water partition coefficient (Wildman–Crippen LogP) is 1.17. The van der Waals surface area contributed by atoms with Crippen LogP contribution in [0.4, 0.5) is 11.4 Å². The van der Waals surface area contributed by atoms with E-state index in [2.05, 4.69) is 5.48 Å². The first-order valence-corrected chi connectivity index (χ1v) is 6.99. The molecule has 0 aliphatic carbocycles. The molecule has 0 unspecified atom stereocenters. The second kappa shape index (κ2) is 5.95. The van der Waals surface area contributed by atoms with Gasteiger partial charge in [0.05, 0.1) is 17.7 Å². The van der Waals surface area contributed by atoms with Gasteiger partial charge in [0.1, 0.15) is 4.90 Å². The van der Waals surface area contributed by atoms with E-state index < -0.39 is 14.9 Å². The quantitative estimate of drug-likeness (QED) is 0.598. The van der Waals surface area contributed by atoms with Gasteiger partial charge in [-0.1, -0.05) is 13.3 Å². The Hall–Kier alpha value is -1.71. The average Bonchev–Trinajstić information content (AvgIpc) is 2.29. The molecular formula is C10H15N3O5S. The van der Waals surface area contributed by atoms with E-state index in [1.807, 2.05) is 6.92 Å². The maximum Gasteiger partial charge on any atom is 0.271 e. The zero-order chi connectivity index (χ0) is 14.6. The monoisotopic (exact) mass is 289 g/mol. The number of primary sulfonamides is 1. The summed E-state index contributed by atoms with van der Waals surface area (Å²) < 4.78 is 23.0. The van der Waals surface area contributed by atoms with E-state index in [9.17, 15) is 18.5 Å². The molecule has 0 atom stereocenters. The van der Waals surface area contributed by atoms with Crippen LogP contribution in [0.3, 0.4) is 0 Å². The third-order valence-corrected chi connectivity index (χ3v) is 3.34. The molecule has 0 aliphatic heterocycles. The number of nitro groups is 1. The summed E-state index contributed by atoms with van der Waals surface area (Å²) in [5, 5.41) is 15.9. The summed E-state index contributed by atoms with van der Waals surface area (Å²) >= 11 is 0. The van der Waals surface area contributed by atoms with E-state index in [1.165, 1.54) is 13.2 Å². The molecule has 1 rings (SSSR count). The van der Waals surface area contributed by atoms with Crippen LogP contribution in [0.2, 0.25) is 0 Å². The third kappa shape index (κ3) is 3.63. The van der Waals surface area contributed by atoms with Crippen molar-refractivity contribution in [2.45, 2.75) is 24.7 Å². The first-order chi connectivity index (χ1) is 8.81. The van der Waals surface area contributed by atoms with Crippen molar-refractivity contribution in [3.63, 3.8) is 0 Å². The number of nitrogens with zero attached hydrogens (tertiary/aromatic N) is 1. The number of anilines is 1. The molecule has 1 aromatic carbocycles. The molecule has 0 saturated heterocycles. The Labute approximate surface area is 110 Å². The van der Waals surface area contributed by atoms with Crippen molar-refractivity contribution in [1.82, 2.24) is 0 Å². The Morgan fingerprint density at radius 1 is 1.47 bits per heavy atom. The lowest BCUT2D eigenvalue weighted by molar-refractivity contribution is -0.385. The van der Waals surface area contributed by atoms with Crippen molar-refractivity contribution in [1.29, 1.82) is 0 Å². The van der Waals surface area contributed by atoms with Crippen molar-refractivity contribution in [2.75, 3.05) is 12.6 Å². The lowest BCUT2D eigenvalue weighted by atomic mass is 10.1. The fourth-order valence-electron chi connectivity index (χ4n) is 1.67. The van der Waals surface area contributed by atoms with Crippen molar-refractivity contribution in [2.24, 2.45) is 5.14 Å². The van der Waals surface area contributed by atoms with Crippen LogP contribution >= 0.6 is 0 Å². The van der Waals surface area contributed by atoms with Gasteiger partial charge in [0.2, 0.25) is 10.0 Å². The van der Waals surface area contributed by atoms with E-state index in [0.29, 0.717) is 18.4 Å². The molecule has 0 spiro atoms. The van der Waals surface area contributed by atoms with E-state index in [-0.39, 0.29) is 16.3 Å². The molecule has 19 heavy (non-hydrogen) atoms. The zero-order valence-electron chi connectivity index (χ0n) is 10.5. The normalized spacial score (nSPS) is 11.3. The number of nitrogens with two attached hydrogens (primary N) is 1. The van der Waals surface area contributed by atoms with Crippen molar-refractivity contribution in [3.05, 3.63) is 27.8 Å². The Balaban J connectivity index is 3.60. The van der Waals surface area contributed by atoms with Gasteiger partial charge in [0.25, 0.3) is 5.69 Å². The van der Waals surface area contributed by atoms with E-state index in [4.69, 9.17) is 9.98 Å². The molecule has 106 valence electrons. The SMILES string of the molecule is CCCc1cc([N+](=O)[O-])cc(S(N)(=O)=O)c1NOC. The number of nitrogens with one attached hydrogen (secondary N) is 1. The van der Waals surface area contributed by atoms with Crippen LogP contribution in [0, 0.1) is 10.1 Å². The fraction of sp³-hybridized carbons (Fsp3) is 0.400. The van der Waals surface area contributed by atoms with Gasteiger partial charge in [-0.15, -0.1) is 0 Å². The highest BCUT2D eigenvalue weighted by Gasteiger charge is 2.22. The number of non-ortho nitro benzene ring substituents is 1. The van der Waals surface area contributed by atoms with Crippen LogP contribution in [0.15, 0.2) is 17.0 Å². The minimum Gasteiger partial charge on any atom is -0.279 e. The Morgan fingerprint density at radius 3 is 2.53 bits per heavy atom. The molecule has 0 fully saturated rings. The standard InChI is InChI=1S/C10H15N3O5S/c1-3-4-7-5-8(13(14)15)6-9(19(11,16)17)10(7)12-18-2/h5-6,12H,3-4H2,1-2H3,(H2,11,16,17). The second-order valence-corrected chi connectivity index (χ2v) is 5.37. The number of rotatable bonds is 6. The highest BCUT2D eigenvalue weighted by molar-refractivity contribution is 7.89. The van der Waals surface area contributed by atoms with E-state index in [0.717, 1.165) is 6.07 Å². The number of sulfonamides is 1. The molecule has 0 aliphatic rings. The maximum atomic E-state index is 11.5. The molecule has 0 amide bonds. The van der Waals surface area contributed by atoms with Crippen LogP contribution in [-0.2, 0) is 21.3 Å². The summed E-state index contributed by atoms with van der Waals surface area (Å²) in [7, 11) is -2.79. The largest absolute Gasteiger partial charge is 0.279 e. The summed E-state index contributed by atoms with van der Waals surface area (Å²) in [4.78, 5) is 14.5.